The molecular weight excluding hydrogens is 480 g/mol. The topological polar surface area (TPSA) is 98.9 Å². The Morgan fingerprint density at radius 3 is 2.67 bits per heavy atom. The van der Waals surface area contributed by atoms with Crippen LogP contribution in [0.1, 0.15) is 62.5 Å². The molecule has 36 heavy (non-hydrogen) atoms. The van der Waals surface area contributed by atoms with Crippen LogP contribution in [0.15, 0.2) is 51.7 Å². The van der Waals surface area contributed by atoms with Gasteiger partial charge in [0.25, 0.3) is 5.91 Å². The van der Waals surface area contributed by atoms with Crippen molar-refractivity contribution in [3.05, 3.63) is 85.7 Å². The minimum absolute atomic E-state index is 0.0336. The highest BCUT2D eigenvalue weighted by Crippen LogP contribution is 2.43. The third-order valence-corrected chi connectivity index (χ3v) is 7.10. The zero-order valence-corrected chi connectivity index (χ0v) is 21.1. The first kappa shape index (κ1) is 23.7. The molecule has 1 atom stereocenters. The van der Waals surface area contributed by atoms with Gasteiger partial charge in [-0.05, 0) is 57.5 Å². The second-order valence-corrected chi connectivity index (χ2v) is 9.37. The molecule has 0 saturated carbocycles. The zero-order chi connectivity index (χ0) is 25.6. The van der Waals surface area contributed by atoms with E-state index in [-0.39, 0.29) is 28.5 Å². The fourth-order valence-electron chi connectivity index (χ4n) is 4.41. The number of carbonyl (C=O) groups is 2. The molecular formula is C27H24N2O6S. The number of anilines is 1. The van der Waals surface area contributed by atoms with Crippen LogP contribution in [-0.4, -0.2) is 30.1 Å². The number of benzene rings is 2. The number of carbonyl (C=O) groups excluding carboxylic acids is 2. The molecule has 9 heteroatoms. The number of nitrogens with zero attached hydrogens (tertiary/aromatic N) is 2. The molecule has 2 aromatic carbocycles. The molecule has 1 unspecified atom stereocenters. The minimum atomic E-state index is -0.810. The maximum atomic E-state index is 13.8. The largest absolute Gasteiger partial charge is 0.494 e. The van der Waals surface area contributed by atoms with E-state index < -0.39 is 17.9 Å². The number of hydrogen-bond acceptors (Lipinski definition) is 8. The van der Waals surface area contributed by atoms with Crippen molar-refractivity contribution in [3.63, 3.8) is 0 Å². The van der Waals surface area contributed by atoms with Crippen molar-refractivity contribution in [1.29, 1.82) is 0 Å². The van der Waals surface area contributed by atoms with E-state index in [2.05, 4.69) is 4.98 Å². The number of ether oxygens (including phenoxy) is 2. The molecule has 3 heterocycles. The molecule has 184 valence electrons. The molecule has 0 N–H and O–H groups in total. The smallest absolute Gasteiger partial charge is 0.350 e. The Kier molecular flexibility index (Phi) is 6.09. The molecule has 1 aliphatic heterocycles. The predicted molar refractivity (Wildman–Crippen MR) is 136 cm³/mol. The van der Waals surface area contributed by atoms with Crippen LogP contribution in [0.25, 0.3) is 11.0 Å². The summed E-state index contributed by atoms with van der Waals surface area (Å²) in [5.41, 5.74) is 2.30. The van der Waals surface area contributed by atoms with Crippen molar-refractivity contribution in [2.75, 3.05) is 18.1 Å². The monoisotopic (exact) mass is 504 g/mol. The second kappa shape index (κ2) is 9.23. The van der Waals surface area contributed by atoms with E-state index in [0.29, 0.717) is 39.5 Å². The van der Waals surface area contributed by atoms with Gasteiger partial charge >= 0.3 is 5.97 Å². The normalized spacial score (nSPS) is 14.8. The van der Waals surface area contributed by atoms with Gasteiger partial charge in [0, 0.05) is 0 Å². The lowest BCUT2D eigenvalue weighted by atomic mass is 9.98. The first-order valence-electron chi connectivity index (χ1n) is 11.6. The second-order valence-electron chi connectivity index (χ2n) is 8.39. The molecule has 0 bridgehead atoms. The average molecular weight is 505 g/mol. The lowest BCUT2D eigenvalue weighted by molar-refractivity contribution is 0.0531. The SMILES string of the molecule is CCOC(=O)c1sc(N2C(=O)c3oc4ccc(C)cc4c(=O)c3C2c2cccc(OCC)c2)nc1C. The summed E-state index contributed by atoms with van der Waals surface area (Å²) in [7, 11) is 0. The third kappa shape index (κ3) is 3.85. The lowest BCUT2D eigenvalue weighted by Crippen LogP contribution is -2.29. The number of aryl methyl sites for hydroxylation is 2. The van der Waals surface area contributed by atoms with Crippen molar-refractivity contribution in [2.24, 2.45) is 0 Å². The molecule has 1 amide bonds. The van der Waals surface area contributed by atoms with E-state index in [9.17, 15) is 14.4 Å². The van der Waals surface area contributed by atoms with Crippen LogP contribution >= 0.6 is 11.3 Å². The Hall–Kier alpha value is -3.98. The van der Waals surface area contributed by atoms with Crippen LogP contribution in [0.3, 0.4) is 0 Å². The van der Waals surface area contributed by atoms with Crippen molar-refractivity contribution in [1.82, 2.24) is 4.98 Å². The Bertz CT molecular complexity index is 1570. The third-order valence-electron chi connectivity index (χ3n) is 5.96. The molecule has 0 radical (unpaired) electrons. The van der Waals surface area contributed by atoms with E-state index in [0.717, 1.165) is 16.9 Å². The Morgan fingerprint density at radius 2 is 1.92 bits per heavy atom. The van der Waals surface area contributed by atoms with Gasteiger partial charge in [0.15, 0.2) is 10.6 Å². The molecule has 0 fully saturated rings. The van der Waals surface area contributed by atoms with E-state index >= 15 is 0 Å². The van der Waals surface area contributed by atoms with Gasteiger partial charge in [-0.1, -0.05) is 35.1 Å². The van der Waals surface area contributed by atoms with Crippen molar-refractivity contribution in [2.45, 2.75) is 33.7 Å². The van der Waals surface area contributed by atoms with Gasteiger partial charge in [0.1, 0.15) is 16.2 Å². The van der Waals surface area contributed by atoms with Gasteiger partial charge in [-0.3, -0.25) is 14.5 Å². The molecule has 0 spiro atoms. The van der Waals surface area contributed by atoms with Crippen molar-refractivity contribution >= 4 is 39.3 Å². The summed E-state index contributed by atoms with van der Waals surface area (Å²) in [6, 6.07) is 11.7. The summed E-state index contributed by atoms with van der Waals surface area (Å²) in [6.45, 7) is 7.87. The van der Waals surface area contributed by atoms with E-state index in [1.165, 1.54) is 4.90 Å². The summed E-state index contributed by atoms with van der Waals surface area (Å²) in [4.78, 5) is 46.3. The van der Waals surface area contributed by atoms with Gasteiger partial charge in [0.05, 0.1) is 35.9 Å². The van der Waals surface area contributed by atoms with Crippen LogP contribution < -0.4 is 15.1 Å². The minimum Gasteiger partial charge on any atom is -0.494 e. The standard InChI is InChI=1S/C27H24N2O6S/c1-5-33-17-9-7-8-16(13-17)21-20-22(30)18-12-14(3)10-11-19(18)35-23(20)25(31)29(21)27-28-15(4)24(36-27)26(32)34-6-2/h7-13,21H,5-6H2,1-4H3. The molecule has 1 aliphatic rings. The molecule has 2 aromatic heterocycles. The number of hydrogen-bond donors (Lipinski definition) is 0. The van der Waals surface area contributed by atoms with Gasteiger partial charge < -0.3 is 13.9 Å². The quantitative estimate of drug-likeness (QED) is 0.333. The van der Waals surface area contributed by atoms with E-state index in [1.54, 1.807) is 32.0 Å². The molecule has 8 nitrogen and oxygen atoms in total. The van der Waals surface area contributed by atoms with Crippen LogP contribution in [-0.2, 0) is 4.74 Å². The number of amides is 1. The fraction of sp³-hybridized carbons (Fsp3) is 0.259. The van der Waals surface area contributed by atoms with Crippen LogP contribution in [0, 0.1) is 13.8 Å². The molecule has 0 aliphatic carbocycles. The summed E-state index contributed by atoms with van der Waals surface area (Å²) >= 11 is 1.05. The van der Waals surface area contributed by atoms with Crippen LogP contribution in [0.2, 0.25) is 0 Å². The number of esters is 1. The predicted octanol–water partition coefficient (Wildman–Crippen LogP) is 5.19. The van der Waals surface area contributed by atoms with Crippen LogP contribution in [0.5, 0.6) is 5.75 Å². The Balaban J connectivity index is 1.75. The van der Waals surface area contributed by atoms with Gasteiger partial charge in [-0.25, -0.2) is 9.78 Å². The number of aromatic nitrogens is 1. The first-order chi connectivity index (χ1) is 17.3. The summed E-state index contributed by atoms with van der Waals surface area (Å²) in [6.07, 6.45) is 0. The summed E-state index contributed by atoms with van der Waals surface area (Å²) in [5.74, 6) is -0.429. The summed E-state index contributed by atoms with van der Waals surface area (Å²) < 4.78 is 16.9. The zero-order valence-electron chi connectivity index (χ0n) is 20.3. The van der Waals surface area contributed by atoms with Crippen molar-refractivity contribution < 1.29 is 23.5 Å². The van der Waals surface area contributed by atoms with E-state index in [1.807, 2.05) is 38.1 Å². The Labute approximate surface area is 211 Å². The average Bonchev–Trinajstić information content (AvgIpc) is 3.38. The van der Waals surface area contributed by atoms with Crippen molar-refractivity contribution in [3.8, 4) is 5.75 Å². The Morgan fingerprint density at radius 1 is 1.11 bits per heavy atom. The summed E-state index contributed by atoms with van der Waals surface area (Å²) in [5, 5.41) is 0.676. The molecule has 5 rings (SSSR count). The molecule has 0 saturated heterocycles. The van der Waals surface area contributed by atoms with E-state index in [4.69, 9.17) is 13.9 Å². The fourth-order valence-corrected chi connectivity index (χ4v) is 5.40. The number of rotatable bonds is 6. The maximum absolute atomic E-state index is 13.8. The van der Waals surface area contributed by atoms with Gasteiger partial charge in [-0.15, -0.1) is 0 Å². The highest BCUT2D eigenvalue weighted by atomic mass is 32.1. The first-order valence-corrected chi connectivity index (χ1v) is 12.4. The highest BCUT2D eigenvalue weighted by Gasteiger charge is 2.45. The maximum Gasteiger partial charge on any atom is 0.350 e. The lowest BCUT2D eigenvalue weighted by Gasteiger charge is -2.23. The number of fused-ring (bicyclic) bond motifs is 2. The van der Waals surface area contributed by atoms with Gasteiger partial charge in [-0.2, -0.15) is 0 Å². The van der Waals surface area contributed by atoms with Crippen LogP contribution in [0.4, 0.5) is 5.13 Å². The van der Waals surface area contributed by atoms with Gasteiger partial charge in [0.2, 0.25) is 5.76 Å². The number of thiazole rings is 1. The highest BCUT2D eigenvalue weighted by molar-refractivity contribution is 7.17. The molecule has 4 aromatic rings.